The number of aliphatic hydroxyl groups is 1. The molecule has 0 aliphatic heterocycles. The number of alkyl halides is 3. The van der Waals surface area contributed by atoms with Crippen LogP contribution in [0.25, 0.3) is 0 Å². The number of halogens is 3. The van der Waals surface area contributed by atoms with Crippen molar-refractivity contribution in [3.8, 4) is 0 Å². The van der Waals surface area contributed by atoms with Gasteiger partial charge in [0.1, 0.15) is 6.10 Å². The lowest BCUT2D eigenvalue weighted by Crippen LogP contribution is -2.27. The summed E-state index contributed by atoms with van der Waals surface area (Å²) in [5.74, 6) is 0. The number of pyridine rings is 1. The summed E-state index contributed by atoms with van der Waals surface area (Å²) >= 11 is 16.8. The van der Waals surface area contributed by atoms with Crippen LogP contribution in [0.4, 0.5) is 0 Å². The first-order valence-electron chi connectivity index (χ1n) is 4.61. The van der Waals surface area contributed by atoms with Crippen LogP contribution in [0.2, 0.25) is 0 Å². The molecule has 1 heterocycles. The summed E-state index contributed by atoms with van der Waals surface area (Å²) in [5.41, 5.74) is 2.03. The molecular formula is C10H12Cl3NO. The molecule has 0 bridgehead atoms. The summed E-state index contributed by atoms with van der Waals surface area (Å²) in [6.07, 6.45) is 3.59. The smallest absolute Gasteiger partial charge is 0.216 e. The molecule has 0 aromatic carbocycles. The van der Waals surface area contributed by atoms with Gasteiger partial charge >= 0.3 is 0 Å². The average Bonchev–Trinajstić information content (AvgIpc) is 2.17. The maximum atomic E-state index is 9.64. The van der Waals surface area contributed by atoms with Crippen LogP contribution in [0.15, 0.2) is 18.5 Å². The third-order valence-electron chi connectivity index (χ3n) is 2.18. The van der Waals surface area contributed by atoms with Gasteiger partial charge in [-0.2, -0.15) is 0 Å². The molecule has 1 atom stereocenters. The Hall–Kier alpha value is -0.0200. The molecule has 15 heavy (non-hydrogen) atoms. The summed E-state index contributed by atoms with van der Waals surface area (Å²) in [6, 6.07) is 1.83. The van der Waals surface area contributed by atoms with Gasteiger partial charge in [-0.25, -0.2) is 0 Å². The number of aliphatic hydroxyl groups excluding tert-OH is 1. The number of nitrogens with zero attached hydrogens (tertiary/aromatic N) is 1. The van der Waals surface area contributed by atoms with Gasteiger partial charge in [0, 0.05) is 18.8 Å². The predicted octanol–water partition coefficient (Wildman–Crippen LogP) is 2.92. The van der Waals surface area contributed by atoms with E-state index in [1.807, 2.05) is 13.0 Å². The monoisotopic (exact) mass is 267 g/mol. The van der Waals surface area contributed by atoms with Crippen LogP contribution in [-0.4, -0.2) is 20.0 Å². The van der Waals surface area contributed by atoms with Crippen LogP contribution in [0.1, 0.15) is 18.1 Å². The number of hydrogen-bond acceptors (Lipinski definition) is 2. The number of aryl methyl sites for hydroxylation is 1. The molecule has 0 aliphatic rings. The van der Waals surface area contributed by atoms with E-state index in [2.05, 4.69) is 4.98 Å². The van der Waals surface area contributed by atoms with Gasteiger partial charge in [-0.15, -0.1) is 0 Å². The third-order valence-corrected chi connectivity index (χ3v) is 2.93. The van der Waals surface area contributed by atoms with Crippen LogP contribution < -0.4 is 0 Å². The number of rotatable bonds is 3. The Balaban J connectivity index is 2.80. The topological polar surface area (TPSA) is 33.1 Å². The fourth-order valence-corrected chi connectivity index (χ4v) is 1.53. The highest BCUT2D eigenvalue weighted by atomic mass is 35.6. The Morgan fingerprint density at radius 2 is 2.07 bits per heavy atom. The van der Waals surface area contributed by atoms with Crippen molar-refractivity contribution in [3.63, 3.8) is 0 Å². The summed E-state index contributed by atoms with van der Waals surface area (Å²) in [4.78, 5) is 4.01. The third kappa shape index (κ3) is 3.80. The molecule has 0 saturated heterocycles. The van der Waals surface area contributed by atoms with Crippen molar-refractivity contribution in [1.82, 2.24) is 4.98 Å². The number of aromatic nitrogens is 1. The minimum Gasteiger partial charge on any atom is -0.388 e. The van der Waals surface area contributed by atoms with Gasteiger partial charge in [-0.3, -0.25) is 4.98 Å². The van der Waals surface area contributed by atoms with Gasteiger partial charge in [0.2, 0.25) is 3.79 Å². The summed E-state index contributed by atoms with van der Waals surface area (Å²) in [5, 5.41) is 9.64. The molecule has 0 saturated carbocycles. The zero-order valence-corrected chi connectivity index (χ0v) is 10.5. The van der Waals surface area contributed by atoms with Crippen LogP contribution >= 0.6 is 34.8 Å². The molecule has 84 valence electrons. The first-order valence-corrected chi connectivity index (χ1v) is 5.75. The van der Waals surface area contributed by atoms with Crippen molar-refractivity contribution < 1.29 is 5.11 Å². The minimum absolute atomic E-state index is 0.322. The standard InChI is InChI=1S/C10H12Cl3NO/c1-2-7-6-14-4-3-8(7)5-9(15)10(11,12)13/h3-4,6,9,15H,2,5H2,1H3. The lowest BCUT2D eigenvalue weighted by molar-refractivity contribution is 0.179. The first kappa shape index (κ1) is 13.0. The van der Waals surface area contributed by atoms with Crippen LogP contribution in [0.5, 0.6) is 0 Å². The van der Waals surface area contributed by atoms with Crippen molar-refractivity contribution in [2.75, 3.05) is 0 Å². The normalized spacial score (nSPS) is 13.9. The van der Waals surface area contributed by atoms with Crippen LogP contribution in [-0.2, 0) is 12.8 Å². The largest absolute Gasteiger partial charge is 0.388 e. The zero-order chi connectivity index (χ0) is 11.5. The lowest BCUT2D eigenvalue weighted by atomic mass is 10.0. The molecule has 1 aromatic rings. The number of hydrogen-bond donors (Lipinski definition) is 1. The highest BCUT2D eigenvalue weighted by molar-refractivity contribution is 6.68. The zero-order valence-electron chi connectivity index (χ0n) is 8.25. The molecule has 1 rings (SSSR count). The molecule has 2 nitrogen and oxygen atoms in total. The van der Waals surface area contributed by atoms with E-state index in [9.17, 15) is 5.11 Å². The van der Waals surface area contributed by atoms with Crippen molar-refractivity contribution in [2.45, 2.75) is 29.7 Å². The van der Waals surface area contributed by atoms with E-state index >= 15 is 0 Å². The van der Waals surface area contributed by atoms with E-state index in [1.54, 1.807) is 12.4 Å². The van der Waals surface area contributed by atoms with E-state index in [1.165, 1.54) is 0 Å². The van der Waals surface area contributed by atoms with Crippen LogP contribution in [0, 0.1) is 0 Å². The molecule has 0 radical (unpaired) electrons. The average molecular weight is 269 g/mol. The highest BCUT2D eigenvalue weighted by Gasteiger charge is 2.31. The minimum atomic E-state index is -1.64. The van der Waals surface area contributed by atoms with Crippen LogP contribution in [0.3, 0.4) is 0 Å². The molecular weight excluding hydrogens is 256 g/mol. The second kappa shape index (κ2) is 5.35. The van der Waals surface area contributed by atoms with E-state index in [-0.39, 0.29) is 0 Å². The molecule has 0 spiro atoms. The van der Waals surface area contributed by atoms with Gasteiger partial charge in [-0.1, -0.05) is 41.7 Å². The van der Waals surface area contributed by atoms with Crippen molar-refractivity contribution >= 4 is 34.8 Å². The summed E-state index contributed by atoms with van der Waals surface area (Å²) in [7, 11) is 0. The molecule has 0 fully saturated rings. The Kier molecular flexibility index (Phi) is 4.65. The molecule has 0 amide bonds. The molecule has 5 heteroatoms. The molecule has 0 aliphatic carbocycles. The fraction of sp³-hybridized carbons (Fsp3) is 0.500. The first-order chi connectivity index (χ1) is 6.95. The van der Waals surface area contributed by atoms with Gasteiger partial charge in [-0.05, 0) is 23.6 Å². The van der Waals surface area contributed by atoms with Gasteiger partial charge in [0.25, 0.3) is 0 Å². The van der Waals surface area contributed by atoms with E-state index in [4.69, 9.17) is 34.8 Å². The highest BCUT2D eigenvalue weighted by Crippen LogP contribution is 2.32. The summed E-state index contributed by atoms with van der Waals surface area (Å²) in [6.45, 7) is 2.02. The van der Waals surface area contributed by atoms with Gasteiger partial charge in [0.15, 0.2) is 0 Å². The van der Waals surface area contributed by atoms with E-state index < -0.39 is 9.90 Å². The van der Waals surface area contributed by atoms with E-state index in [0.717, 1.165) is 17.5 Å². The predicted molar refractivity (Wildman–Crippen MR) is 63.6 cm³/mol. The molecule has 1 N–H and O–H groups in total. The van der Waals surface area contributed by atoms with Crippen molar-refractivity contribution in [3.05, 3.63) is 29.6 Å². The molecule has 1 unspecified atom stereocenters. The fourth-order valence-electron chi connectivity index (χ4n) is 1.30. The Morgan fingerprint density at radius 1 is 1.40 bits per heavy atom. The second-order valence-corrected chi connectivity index (χ2v) is 5.63. The Bertz CT molecular complexity index is 325. The van der Waals surface area contributed by atoms with Gasteiger partial charge in [0.05, 0.1) is 0 Å². The maximum Gasteiger partial charge on any atom is 0.216 e. The SMILES string of the molecule is CCc1cnccc1CC(O)C(Cl)(Cl)Cl. The Labute approximate surface area is 104 Å². The maximum absolute atomic E-state index is 9.64. The lowest BCUT2D eigenvalue weighted by Gasteiger charge is -2.19. The van der Waals surface area contributed by atoms with Crippen molar-refractivity contribution in [1.29, 1.82) is 0 Å². The van der Waals surface area contributed by atoms with E-state index in [0.29, 0.717) is 6.42 Å². The van der Waals surface area contributed by atoms with Crippen molar-refractivity contribution in [2.24, 2.45) is 0 Å². The second-order valence-electron chi connectivity index (χ2n) is 3.26. The quantitative estimate of drug-likeness (QED) is 0.855. The van der Waals surface area contributed by atoms with Gasteiger partial charge < -0.3 is 5.11 Å². The Morgan fingerprint density at radius 3 is 2.60 bits per heavy atom. The summed E-state index contributed by atoms with van der Waals surface area (Å²) < 4.78 is -1.64. The molecule has 1 aromatic heterocycles.